The predicted molar refractivity (Wildman–Crippen MR) is 93.7 cm³/mol. The molecule has 2 aromatic rings. The zero-order valence-corrected chi connectivity index (χ0v) is 15.0. The first-order valence-corrected chi connectivity index (χ1v) is 8.11. The molecule has 0 saturated carbocycles. The Labute approximate surface area is 144 Å². The molecule has 122 valence electrons. The number of carbonyl (C=O) groups is 1. The van der Waals surface area contributed by atoms with Crippen LogP contribution >= 0.6 is 15.9 Å². The first kappa shape index (κ1) is 17.3. The fourth-order valence-corrected chi connectivity index (χ4v) is 2.21. The van der Waals surface area contributed by atoms with Crippen molar-refractivity contribution in [2.45, 2.75) is 32.9 Å². The quantitative estimate of drug-likeness (QED) is 0.789. The minimum Gasteiger partial charge on any atom is -0.457 e. The SMILES string of the molecule is CC(C)(C)OC(=O)NCc1ccc(Br)cc1Oc1ccccc1. The van der Waals surface area contributed by atoms with Crippen molar-refractivity contribution in [2.24, 2.45) is 0 Å². The molecule has 0 aliphatic carbocycles. The van der Waals surface area contributed by atoms with Crippen LogP contribution in [0.15, 0.2) is 53.0 Å². The largest absolute Gasteiger partial charge is 0.457 e. The van der Waals surface area contributed by atoms with Gasteiger partial charge < -0.3 is 14.8 Å². The van der Waals surface area contributed by atoms with E-state index >= 15 is 0 Å². The zero-order chi connectivity index (χ0) is 16.9. The summed E-state index contributed by atoms with van der Waals surface area (Å²) in [5.41, 5.74) is 0.343. The second-order valence-electron chi connectivity index (χ2n) is 6.02. The minimum atomic E-state index is -0.521. The maximum Gasteiger partial charge on any atom is 0.407 e. The van der Waals surface area contributed by atoms with Crippen LogP contribution in [0.5, 0.6) is 11.5 Å². The van der Waals surface area contributed by atoms with E-state index in [9.17, 15) is 4.79 Å². The van der Waals surface area contributed by atoms with Gasteiger partial charge in [0.1, 0.15) is 17.1 Å². The summed E-state index contributed by atoms with van der Waals surface area (Å²) in [5.74, 6) is 1.42. The summed E-state index contributed by atoms with van der Waals surface area (Å²) < 4.78 is 12.0. The Morgan fingerprint density at radius 2 is 1.83 bits per heavy atom. The smallest absolute Gasteiger partial charge is 0.407 e. The van der Waals surface area contributed by atoms with E-state index in [2.05, 4.69) is 21.2 Å². The third-order valence-electron chi connectivity index (χ3n) is 2.82. The van der Waals surface area contributed by atoms with E-state index in [1.54, 1.807) is 0 Å². The summed E-state index contributed by atoms with van der Waals surface area (Å²) in [6.07, 6.45) is -0.453. The van der Waals surface area contributed by atoms with Crippen molar-refractivity contribution in [1.29, 1.82) is 0 Å². The fourth-order valence-electron chi connectivity index (χ4n) is 1.87. The molecule has 0 heterocycles. The number of para-hydroxylation sites is 1. The van der Waals surface area contributed by atoms with Crippen molar-refractivity contribution in [3.05, 3.63) is 58.6 Å². The molecule has 0 spiro atoms. The van der Waals surface area contributed by atoms with Crippen molar-refractivity contribution in [3.8, 4) is 11.5 Å². The number of halogens is 1. The molecular formula is C18H20BrNO3. The molecule has 0 fully saturated rings. The van der Waals surface area contributed by atoms with Crippen LogP contribution in [-0.2, 0) is 11.3 Å². The average molecular weight is 378 g/mol. The normalized spacial score (nSPS) is 11.0. The van der Waals surface area contributed by atoms with Crippen molar-refractivity contribution in [3.63, 3.8) is 0 Å². The van der Waals surface area contributed by atoms with E-state index in [0.29, 0.717) is 12.3 Å². The van der Waals surface area contributed by atoms with Crippen LogP contribution in [0.25, 0.3) is 0 Å². The molecule has 0 atom stereocenters. The van der Waals surface area contributed by atoms with Crippen molar-refractivity contribution < 1.29 is 14.3 Å². The molecule has 0 radical (unpaired) electrons. The molecule has 0 bridgehead atoms. The van der Waals surface area contributed by atoms with Gasteiger partial charge in [0.15, 0.2) is 0 Å². The molecule has 23 heavy (non-hydrogen) atoms. The third kappa shape index (κ3) is 5.94. The second-order valence-corrected chi connectivity index (χ2v) is 6.94. The Kier molecular flexibility index (Phi) is 5.66. The number of benzene rings is 2. The minimum absolute atomic E-state index is 0.324. The van der Waals surface area contributed by atoms with Gasteiger partial charge in [0.05, 0.1) is 0 Å². The number of amides is 1. The Hall–Kier alpha value is -2.01. The number of rotatable bonds is 4. The Morgan fingerprint density at radius 3 is 2.48 bits per heavy atom. The third-order valence-corrected chi connectivity index (χ3v) is 3.32. The summed E-state index contributed by atoms with van der Waals surface area (Å²) in [4.78, 5) is 11.8. The molecule has 0 aliphatic rings. The van der Waals surface area contributed by atoms with Crippen LogP contribution in [0.2, 0.25) is 0 Å². The van der Waals surface area contributed by atoms with Gasteiger partial charge in [-0.05, 0) is 45.0 Å². The van der Waals surface area contributed by atoms with Gasteiger partial charge in [0.2, 0.25) is 0 Å². The van der Waals surface area contributed by atoms with E-state index in [0.717, 1.165) is 15.8 Å². The number of alkyl carbamates (subject to hydrolysis) is 1. The van der Waals surface area contributed by atoms with Crippen LogP contribution in [0.1, 0.15) is 26.3 Å². The Morgan fingerprint density at radius 1 is 1.13 bits per heavy atom. The second kappa shape index (κ2) is 7.51. The van der Waals surface area contributed by atoms with Crippen LogP contribution in [-0.4, -0.2) is 11.7 Å². The number of nitrogens with one attached hydrogen (secondary N) is 1. The van der Waals surface area contributed by atoms with Gasteiger partial charge >= 0.3 is 6.09 Å². The molecule has 2 rings (SSSR count). The van der Waals surface area contributed by atoms with Crippen molar-refractivity contribution >= 4 is 22.0 Å². The van der Waals surface area contributed by atoms with Gasteiger partial charge in [-0.2, -0.15) is 0 Å². The van der Waals surface area contributed by atoms with E-state index in [-0.39, 0.29) is 0 Å². The molecule has 0 unspecified atom stereocenters. The number of carbonyl (C=O) groups excluding carboxylic acids is 1. The first-order valence-electron chi connectivity index (χ1n) is 7.32. The highest BCUT2D eigenvalue weighted by Crippen LogP contribution is 2.28. The van der Waals surface area contributed by atoms with Crippen molar-refractivity contribution in [1.82, 2.24) is 5.32 Å². The first-order chi connectivity index (χ1) is 10.8. The molecule has 0 aromatic heterocycles. The number of hydrogen-bond donors (Lipinski definition) is 1. The topological polar surface area (TPSA) is 47.6 Å². The highest BCUT2D eigenvalue weighted by molar-refractivity contribution is 9.10. The number of ether oxygens (including phenoxy) is 2. The molecule has 5 heteroatoms. The molecule has 2 aromatic carbocycles. The summed E-state index contributed by atoms with van der Waals surface area (Å²) in [5, 5.41) is 2.74. The standard InChI is InChI=1S/C18H20BrNO3/c1-18(2,3)23-17(21)20-12-13-9-10-14(19)11-16(13)22-15-7-5-4-6-8-15/h4-11H,12H2,1-3H3,(H,20,21). The Bertz CT molecular complexity index is 666. The van der Waals surface area contributed by atoms with Crippen LogP contribution < -0.4 is 10.1 Å². The summed E-state index contributed by atoms with van der Waals surface area (Å²) in [6, 6.07) is 15.2. The molecule has 1 amide bonds. The van der Waals surface area contributed by atoms with Gasteiger partial charge in [0, 0.05) is 16.6 Å². The molecule has 0 aliphatic heterocycles. The molecule has 4 nitrogen and oxygen atoms in total. The number of hydrogen-bond acceptors (Lipinski definition) is 3. The lowest BCUT2D eigenvalue weighted by Gasteiger charge is -2.20. The van der Waals surface area contributed by atoms with Crippen LogP contribution in [0.3, 0.4) is 0 Å². The lowest BCUT2D eigenvalue weighted by atomic mass is 10.2. The summed E-state index contributed by atoms with van der Waals surface area (Å²) in [7, 11) is 0. The zero-order valence-electron chi connectivity index (χ0n) is 13.4. The van der Waals surface area contributed by atoms with Gasteiger partial charge in [-0.3, -0.25) is 0 Å². The maximum absolute atomic E-state index is 11.8. The summed E-state index contributed by atoms with van der Waals surface area (Å²) >= 11 is 3.44. The van der Waals surface area contributed by atoms with Crippen molar-refractivity contribution in [2.75, 3.05) is 0 Å². The van der Waals surface area contributed by atoms with Crippen LogP contribution in [0, 0.1) is 0 Å². The van der Waals surface area contributed by atoms with E-state index < -0.39 is 11.7 Å². The van der Waals surface area contributed by atoms with Gasteiger partial charge in [-0.15, -0.1) is 0 Å². The molecular weight excluding hydrogens is 358 g/mol. The average Bonchev–Trinajstić information content (AvgIpc) is 2.46. The van der Waals surface area contributed by atoms with Gasteiger partial charge in [-0.1, -0.05) is 40.2 Å². The highest BCUT2D eigenvalue weighted by Gasteiger charge is 2.16. The molecule has 1 N–H and O–H groups in total. The summed E-state index contributed by atoms with van der Waals surface area (Å²) in [6.45, 7) is 5.81. The lowest BCUT2D eigenvalue weighted by Crippen LogP contribution is -2.32. The van der Waals surface area contributed by atoms with E-state index in [1.807, 2.05) is 69.3 Å². The van der Waals surface area contributed by atoms with Gasteiger partial charge in [0.25, 0.3) is 0 Å². The van der Waals surface area contributed by atoms with E-state index in [1.165, 1.54) is 0 Å². The lowest BCUT2D eigenvalue weighted by molar-refractivity contribution is 0.0523. The fraction of sp³-hybridized carbons (Fsp3) is 0.278. The monoisotopic (exact) mass is 377 g/mol. The van der Waals surface area contributed by atoms with Crippen LogP contribution in [0.4, 0.5) is 4.79 Å². The highest BCUT2D eigenvalue weighted by atomic mass is 79.9. The van der Waals surface area contributed by atoms with Gasteiger partial charge in [-0.25, -0.2) is 4.79 Å². The molecule has 0 saturated heterocycles. The predicted octanol–water partition coefficient (Wildman–Crippen LogP) is 5.27. The van der Waals surface area contributed by atoms with E-state index in [4.69, 9.17) is 9.47 Å². The maximum atomic E-state index is 11.8. The Balaban J connectivity index is 2.08.